The maximum Gasteiger partial charge on any atom is 0.194 e. The molecule has 0 saturated carbocycles. The van der Waals surface area contributed by atoms with Gasteiger partial charge < -0.3 is 0 Å². The molecule has 2 aromatic carbocycles. The molecule has 27 heavy (non-hydrogen) atoms. The van der Waals surface area contributed by atoms with Gasteiger partial charge in [-0.25, -0.2) is 22.0 Å². The highest BCUT2D eigenvalue weighted by atomic mass is 19.2. The number of rotatable bonds is 6. The van der Waals surface area contributed by atoms with Crippen molar-refractivity contribution < 1.29 is 22.0 Å². The third-order valence-electron chi connectivity index (χ3n) is 5.49. The van der Waals surface area contributed by atoms with Gasteiger partial charge in [0.25, 0.3) is 0 Å². The molecule has 0 radical (unpaired) electrons. The molecule has 0 amide bonds. The van der Waals surface area contributed by atoms with Crippen molar-refractivity contribution in [3.8, 4) is 0 Å². The van der Waals surface area contributed by atoms with Gasteiger partial charge in [0, 0.05) is 5.56 Å². The molecular formula is C22H23F5. The van der Waals surface area contributed by atoms with Crippen LogP contribution in [0.4, 0.5) is 22.0 Å². The van der Waals surface area contributed by atoms with Gasteiger partial charge >= 0.3 is 0 Å². The number of unbranched alkanes of at least 4 members (excludes halogenated alkanes) is 1. The van der Waals surface area contributed by atoms with Crippen LogP contribution in [-0.4, -0.2) is 0 Å². The van der Waals surface area contributed by atoms with E-state index in [4.69, 9.17) is 0 Å². The minimum atomic E-state index is -1.43. The molecule has 0 saturated heterocycles. The fraction of sp³-hybridized carbons (Fsp3) is 0.455. The van der Waals surface area contributed by atoms with Crippen molar-refractivity contribution in [3.05, 3.63) is 69.5 Å². The minimum Gasteiger partial charge on any atom is -0.207 e. The monoisotopic (exact) mass is 382 g/mol. The van der Waals surface area contributed by atoms with Crippen molar-refractivity contribution in [1.82, 2.24) is 0 Å². The summed E-state index contributed by atoms with van der Waals surface area (Å²) in [6, 6.07) is 3.85. The van der Waals surface area contributed by atoms with Crippen LogP contribution in [0.25, 0.3) is 0 Å². The standard InChI is InChI=1S/C22H23F5/c1-2-3-4-14-10-18(23)17(19(24)11-14)8-6-13-5-7-16-15(9-13)12-20(25)22(27)21(16)26/h10-13H,2-9H2,1H3. The van der Waals surface area contributed by atoms with Gasteiger partial charge in [0.2, 0.25) is 0 Å². The van der Waals surface area contributed by atoms with Gasteiger partial charge in [0.15, 0.2) is 17.5 Å². The summed E-state index contributed by atoms with van der Waals surface area (Å²) in [5, 5.41) is 0. The van der Waals surface area contributed by atoms with Crippen LogP contribution in [0, 0.1) is 35.0 Å². The van der Waals surface area contributed by atoms with E-state index in [-0.39, 0.29) is 23.5 Å². The lowest BCUT2D eigenvalue weighted by Crippen LogP contribution is -2.18. The fourth-order valence-corrected chi connectivity index (χ4v) is 3.91. The third kappa shape index (κ3) is 4.33. The second-order valence-corrected chi connectivity index (χ2v) is 7.41. The molecule has 146 valence electrons. The third-order valence-corrected chi connectivity index (χ3v) is 5.49. The summed E-state index contributed by atoms with van der Waals surface area (Å²) in [6.07, 6.45) is 4.53. The number of aryl methyl sites for hydroxylation is 1. The summed E-state index contributed by atoms with van der Waals surface area (Å²) >= 11 is 0. The predicted molar refractivity (Wildman–Crippen MR) is 95.1 cm³/mol. The zero-order valence-electron chi connectivity index (χ0n) is 15.4. The summed E-state index contributed by atoms with van der Waals surface area (Å²) in [5.41, 5.74) is 1.41. The Morgan fingerprint density at radius 1 is 0.889 bits per heavy atom. The molecule has 0 N–H and O–H groups in total. The van der Waals surface area contributed by atoms with Gasteiger partial charge in [-0.15, -0.1) is 0 Å². The minimum absolute atomic E-state index is 0.0559. The Labute approximate surface area is 156 Å². The van der Waals surface area contributed by atoms with E-state index in [2.05, 4.69) is 0 Å². The maximum atomic E-state index is 14.3. The van der Waals surface area contributed by atoms with E-state index < -0.39 is 29.1 Å². The fourth-order valence-electron chi connectivity index (χ4n) is 3.91. The van der Waals surface area contributed by atoms with Crippen LogP contribution >= 0.6 is 0 Å². The Balaban J connectivity index is 1.68. The van der Waals surface area contributed by atoms with Crippen molar-refractivity contribution >= 4 is 0 Å². The Morgan fingerprint density at radius 2 is 1.59 bits per heavy atom. The lowest BCUT2D eigenvalue weighted by molar-refractivity contribution is 0.390. The van der Waals surface area contributed by atoms with Crippen molar-refractivity contribution in [2.75, 3.05) is 0 Å². The Morgan fingerprint density at radius 3 is 2.26 bits per heavy atom. The van der Waals surface area contributed by atoms with Gasteiger partial charge in [-0.2, -0.15) is 0 Å². The van der Waals surface area contributed by atoms with Crippen LogP contribution in [0.1, 0.15) is 54.9 Å². The molecule has 5 heteroatoms. The highest BCUT2D eigenvalue weighted by molar-refractivity contribution is 5.33. The molecule has 0 heterocycles. The summed E-state index contributed by atoms with van der Waals surface area (Å²) in [7, 11) is 0. The molecular weight excluding hydrogens is 359 g/mol. The highest BCUT2D eigenvalue weighted by Gasteiger charge is 2.26. The van der Waals surface area contributed by atoms with Gasteiger partial charge in [-0.1, -0.05) is 13.3 Å². The summed E-state index contributed by atoms with van der Waals surface area (Å²) < 4.78 is 69.3. The van der Waals surface area contributed by atoms with E-state index >= 15 is 0 Å². The number of fused-ring (bicyclic) bond motifs is 1. The Hall–Kier alpha value is -1.91. The van der Waals surface area contributed by atoms with E-state index in [1.54, 1.807) is 0 Å². The van der Waals surface area contributed by atoms with E-state index in [1.807, 2.05) is 6.92 Å². The zero-order valence-corrected chi connectivity index (χ0v) is 15.4. The van der Waals surface area contributed by atoms with E-state index in [0.29, 0.717) is 43.2 Å². The van der Waals surface area contributed by atoms with E-state index in [9.17, 15) is 22.0 Å². The number of benzene rings is 2. The van der Waals surface area contributed by atoms with E-state index in [0.717, 1.165) is 18.9 Å². The van der Waals surface area contributed by atoms with Gasteiger partial charge in [-0.05, 0) is 85.8 Å². The molecule has 1 aliphatic rings. The smallest absolute Gasteiger partial charge is 0.194 e. The first-order valence-corrected chi connectivity index (χ1v) is 9.52. The number of hydrogen-bond acceptors (Lipinski definition) is 0. The Kier molecular flexibility index (Phi) is 6.18. The number of halogens is 5. The highest BCUT2D eigenvalue weighted by Crippen LogP contribution is 2.32. The largest absolute Gasteiger partial charge is 0.207 e. The first-order valence-electron chi connectivity index (χ1n) is 9.52. The van der Waals surface area contributed by atoms with Crippen LogP contribution in [0.15, 0.2) is 18.2 Å². The first kappa shape index (κ1) is 19.8. The van der Waals surface area contributed by atoms with Crippen LogP contribution in [0.2, 0.25) is 0 Å². The second kappa shape index (κ2) is 8.41. The average Bonchev–Trinajstić information content (AvgIpc) is 2.63. The van der Waals surface area contributed by atoms with Crippen LogP contribution in [-0.2, 0) is 25.7 Å². The van der Waals surface area contributed by atoms with Gasteiger partial charge in [-0.3, -0.25) is 0 Å². The molecule has 0 spiro atoms. The van der Waals surface area contributed by atoms with Crippen molar-refractivity contribution in [1.29, 1.82) is 0 Å². The quantitative estimate of drug-likeness (QED) is 0.397. The van der Waals surface area contributed by atoms with Gasteiger partial charge in [0.1, 0.15) is 11.6 Å². The maximum absolute atomic E-state index is 14.3. The molecule has 1 atom stereocenters. The lowest BCUT2D eigenvalue weighted by atomic mass is 9.80. The topological polar surface area (TPSA) is 0 Å². The zero-order chi connectivity index (χ0) is 19.6. The summed E-state index contributed by atoms with van der Waals surface area (Å²) in [4.78, 5) is 0. The molecule has 3 rings (SSSR count). The SMILES string of the molecule is CCCCc1cc(F)c(CCC2CCc3c(cc(F)c(F)c3F)C2)c(F)c1. The normalized spacial score (nSPS) is 16.4. The lowest BCUT2D eigenvalue weighted by Gasteiger charge is -2.25. The first-order chi connectivity index (χ1) is 12.9. The molecule has 0 nitrogen and oxygen atoms in total. The van der Waals surface area contributed by atoms with E-state index in [1.165, 1.54) is 12.1 Å². The van der Waals surface area contributed by atoms with Crippen LogP contribution in [0.5, 0.6) is 0 Å². The van der Waals surface area contributed by atoms with Crippen LogP contribution in [0.3, 0.4) is 0 Å². The Bertz CT molecular complexity index is 805. The molecule has 0 aliphatic heterocycles. The second-order valence-electron chi connectivity index (χ2n) is 7.41. The van der Waals surface area contributed by atoms with Crippen molar-refractivity contribution in [3.63, 3.8) is 0 Å². The van der Waals surface area contributed by atoms with Crippen molar-refractivity contribution in [2.24, 2.45) is 5.92 Å². The molecule has 2 aromatic rings. The van der Waals surface area contributed by atoms with Crippen LogP contribution < -0.4 is 0 Å². The predicted octanol–water partition coefficient (Wildman–Crippen LogP) is 6.46. The molecule has 1 unspecified atom stereocenters. The molecule has 0 bridgehead atoms. The molecule has 1 aliphatic carbocycles. The summed E-state index contributed by atoms with van der Waals surface area (Å²) in [5.74, 6) is -4.73. The molecule has 0 aromatic heterocycles. The van der Waals surface area contributed by atoms with Gasteiger partial charge in [0.05, 0.1) is 0 Å². The summed E-state index contributed by atoms with van der Waals surface area (Å²) in [6.45, 7) is 2.02. The number of hydrogen-bond donors (Lipinski definition) is 0. The van der Waals surface area contributed by atoms with Crippen molar-refractivity contribution in [2.45, 2.75) is 58.3 Å². The average molecular weight is 382 g/mol. The molecule has 0 fully saturated rings.